The molecule has 33 heavy (non-hydrogen) atoms. The third kappa shape index (κ3) is 6.92. The summed E-state index contributed by atoms with van der Waals surface area (Å²) in [5.74, 6) is 2.17. The number of benzene rings is 3. The van der Waals surface area contributed by atoms with Crippen LogP contribution in [0.2, 0.25) is 5.02 Å². The van der Waals surface area contributed by atoms with E-state index in [0.717, 1.165) is 22.4 Å². The molecule has 4 rings (SSSR count). The molecule has 0 fully saturated rings. The lowest BCUT2D eigenvalue weighted by molar-refractivity contribution is -0.156. The summed E-state index contributed by atoms with van der Waals surface area (Å²) < 4.78 is 37.2. The van der Waals surface area contributed by atoms with E-state index in [4.69, 9.17) is 21.1 Å². The third-order valence-corrected chi connectivity index (χ3v) is 4.75. The normalized spacial score (nSPS) is 10.8. The van der Waals surface area contributed by atoms with E-state index >= 15 is 0 Å². The van der Waals surface area contributed by atoms with Crippen LogP contribution in [0, 0.1) is 13.8 Å². The molecule has 170 valence electrons. The van der Waals surface area contributed by atoms with Crippen LogP contribution in [0.5, 0.6) is 11.5 Å². The lowest BCUT2D eigenvalue weighted by Gasteiger charge is -2.12. The van der Waals surface area contributed by atoms with Gasteiger partial charge in [0, 0.05) is 22.2 Å². The monoisotopic (exact) mass is 473 g/mol. The molecule has 0 saturated carbocycles. The number of nitrogens with zero attached hydrogens (tertiary/aromatic N) is 2. The Balaban J connectivity index is 0.000000454. The summed E-state index contributed by atoms with van der Waals surface area (Å²) >= 11 is 6.02. The summed E-state index contributed by atoms with van der Waals surface area (Å²) in [6.45, 7) is 4.17. The first-order valence-electron chi connectivity index (χ1n) is 9.70. The first-order valence-corrected chi connectivity index (χ1v) is 10.1. The zero-order valence-electron chi connectivity index (χ0n) is 17.7. The van der Waals surface area contributed by atoms with Gasteiger partial charge in [0.25, 0.3) is 0 Å². The molecule has 1 N–H and O–H groups in total. The predicted octanol–water partition coefficient (Wildman–Crippen LogP) is 7.18. The molecule has 3 aromatic carbocycles. The summed E-state index contributed by atoms with van der Waals surface area (Å²) in [4.78, 5) is 17.5. The molecule has 0 aliphatic carbocycles. The highest BCUT2D eigenvalue weighted by Crippen LogP contribution is 2.29. The maximum absolute atomic E-state index is 10.4. The molecular weight excluding hydrogens is 455 g/mol. The largest absolute Gasteiger partial charge is 0.457 e. The summed E-state index contributed by atoms with van der Waals surface area (Å²) in [5, 5.41) is 5.00. The van der Waals surface area contributed by atoms with Gasteiger partial charge in [0.05, 0.1) is 5.52 Å². The molecule has 0 aliphatic heterocycles. The lowest BCUT2D eigenvalue weighted by atomic mass is 10.1. The Morgan fingerprint density at radius 2 is 1.58 bits per heavy atom. The van der Waals surface area contributed by atoms with Crippen LogP contribution in [0.4, 0.5) is 24.7 Å². The van der Waals surface area contributed by atoms with Crippen molar-refractivity contribution in [1.29, 1.82) is 0 Å². The highest BCUT2D eigenvalue weighted by atomic mass is 35.5. The van der Waals surface area contributed by atoms with E-state index in [0.29, 0.717) is 16.5 Å². The van der Waals surface area contributed by atoms with Gasteiger partial charge in [-0.25, -0.2) is 9.97 Å². The number of rotatable bonds is 4. The number of carbonyl (C=O) groups excluding carboxylic acids is 1. The molecule has 0 radical (unpaired) electrons. The number of fused-ring (bicyclic) bond motifs is 1. The Hall–Kier alpha value is -3.65. The van der Waals surface area contributed by atoms with Gasteiger partial charge in [0.2, 0.25) is 6.29 Å². The van der Waals surface area contributed by atoms with Gasteiger partial charge in [-0.15, -0.1) is 0 Å². The fourth-order valence-corrected chi connectivity index (χ4v) is 3.04. The fourth-order valence-electron chi connectivity index (χ4n) is 2.86. The van der Waals surface area contributed by atoms with Crippen molar-refractivity contribution >= 4 is 40.3 Å². The number of anilines is 2. The molecule has 1 heterocycles. The van der Waals surface area contributed by atoms with Crippen molar-refractivity contribution in [3.05, 3.63) is 83.1 Å². The summed E-state index contributed by atoms with van der Waals surface area (Å²) in [5.41, 5.74) is 4.22. The van der Waals surface area contributed by atoms with Crippen LogP contribution in [0.1, 0.15) is 11.1 Å². The second kappa shape index (κ2) is 10.3. The van der Waals surface area contributed by atoms with Crippen molar-refractivity contribution in [2.45, 2.75) is 20.0 Å². The van der Waals surface area contributed by atoms with Gasteiger partial charge >= 0.3 is 6.18 Å². The summed E-state index contributed by atoms with van der Waals surface area (Å²) in [7, 11) is 0. The Bertz CT molecular complexity index is 1280. The van der Waals surface area contributed by atoms with Crippen LogP contribution in [0.3, 0.4) is 0 Å². The Labute approximate surface area is 193 Å². The fraction of sp³-hybridized carbons (Fsp3) is 0.125. The van der Waals surface area contributed by atoms with Gasteiger partial charge in [-0.1, -0.05) is 23.7 Å². The van der Waals surface area contributed by atoms with E-state index in [9.17, 15) is 13.2 Å². The van der Waals surface area contributed by atoms with Crippen LogP contribution in [0.15, 0.2) is 67.0 Å². The van der Waals surface area contributed by atoms with E-state index in [2.05, 4.69) is 41.3 Å². The summed E-state index contributed by atoms with van der Waals surface area (Å²) in [6, 6.07) is 19.2. The first kappa shape index (κ1) is 24.0. The van der Waals surface area contributed by atoms with Crippen molar-refractivity contribution < 1.29 is 22.7 Å². The van der Waals surface area contributed by atoms with E-state index in [-0.39, 0.29) is 0 Å². The zero-order chi connectivity index (χ0) is 24.0. The molecule has 0 saturated heterocycles. The quantitative estimate of drug-likeness (QED) is 0.318. The Kier molecular flexibility index (Phi) is 7.50. The maximum Gasteiger partial charge on any atom is 0.446 e. The zero-order valence-corrected chi connectivity index (χ0v) is 18.4. The molecule has 9 heteroatoms. The number of nitrogens with one attached hydrogen (secondary N) is 1. The number of carbonyl (C=O) groups is 1. The second-order valence-electron chi connectivity index (χ2n) is 7.05. The number of hydrogen-bond acceptors (Lipinski definition) is 5. The lowest BCUT2D eigenvalue weighted by Crippen LogP contribution is -2.07. The van der Waals surface area contributed by atoms with E-state index in [1.54, 1.807) is 12.4 Å². The molecule has 0 bridgehead atoms. The molecule has 1 aromatic heterocycles. The van der Waals surface area contributed by atoms with Crippen LogP contribution in [-0.2, 0) is 4.79 Å². The van der Waals surface area contributed by atoms with Gasteiger partial charge < -0.3 is 10.1 Å². The minimum Gasteiger partial charge on any atom is -0.457 e. The topological polar surface area (TPSA) is 64.1 Å². The van der Waals surface area contributed by atoms with Crippen molar-refractivity contribution in [3.63, 3.8) is 0 Å². The van der Waals surface area contributed by atoms with Crippen LogP contribution >= 0.6 is 11.6 Å². The van der Waals surface area contributed by atoms with Crippen molar-refractivity contribution in [2.24, 2.45) is 0 Å². The van der Waals surface area contributed by atoms with Crippen molar-refractivity contribution in [3.8, 4) is 11.5 Å². The van der Waals surface area contributed by atoms with Gasteiger partial charge in [-0.3, -0.25) is 4.79 Å². The number of ether oxygens (including phenoxy) is 1. The summed E-state index contributed by atoms with van der Waals surface area (Å²) in [6.07, 6.45) is -4.13. The number of alkyl halides is 3. The minimum absolute atomic E-state index is 0.639. The number of halogens is 4. The first-order chi connectivity index (χ1) is 15.6. The molecule has 5 nitrogen and oxygen atoms in total. The standard InChI is InChI=1S/C22H18ClN3O.C2HF3O/c1-14-9-20-21(10-15(14)2)24-13-25-22(20)26-17-6-4-8-19(12-17)27-18-7-3-5-16(23)11-18;3-2(4,5)1-6/h3-13H,1-2H3,(H,24,25,26);1H. The predicted molar refractivity (Wildman–Crippen MR) is 122 cm³/mol. The number of aldehydes is 1. The average molecular weight is 474 g/mol. The SMILES string of the molecule is Cc1cc2ncnc(Nc3cccc(Oc4cccc(Cl)c4)c3)c2cc1C.O=CC(F)(F)F. The van der Waals surface area contributed by atoms with Crippen LogP contribution < -0.4 is 10.1 Å². The van der Waals surface area contributed by atoms with Gasteiger partial charge in [-0.2, -0.15) is 13.2 Å². The third-order valence-electron chi connectivity index (χ3n) is 4.51. The molecule has 0 atom stereocenters. The molecule has 0 aliphatic rings. The minimum atomic E-state index is -4.64. The smallest absolute Gasteiger partial charge is 0.446 e. The van der Waals surface area contributed by atoms with Crippen LogP contribution in [-0.4, -0.2) is 22.4 Å². The number of aromatic nitrogens is 2. The molecule has 0 spiro atoms. The van der Waals surface area contributed by atoms with Crippen molar-refractivity contribution in [2.75, 3.05) is 5.32 Å². The molecular formula is C24H19ClF3N3O2. The van der Waals surface area contributed by atoms with Gasteiger partial charge in [0.15, 0.2) is 0 Å². The van der Waals surface area contributed by atoms with Gasteiger partial charge in [0.1, 0.15) is 23.6 Å². The highest BCUT2D eigenvalue weighted by Gasteiger charge is 2.24. The molecule has 4 aromatic rings. The molecule has 0 amide bonds. The van der Waals surface area contributed by atoms with Crippen molar-refractivity contribution in [1.82, 2.24) is 9.97 Å². The second-order valence-corrected chi connectivity index (χ2v) is 7.48. The van der Waals surface area contributed by atoms with E-state index < -0.39 is 12.5 Å². The molecule has 0 unspecified atom stereocenters. The van der Waals surface area contributed by atoms with E-state index in [1.807, 2.05) is 42.5 Å². The number of aryl methyl sites for hydroxylation is 2. The Morgan fingerprint density at radius 1 is 0.939 bits per heavy atom. The average Bonchev–Trinajstić information content (AvgIpc) is 2.75. The van der Waals surface area contributed by atoms with Gasteiger partial charge in [-0.05, 0) is 67.4 Å². The Morgan fingerprint density at radius 3 is 2.24 bits per heavy atom. The maximum atomic E-state index is 10.4. The highest BCUT2D eigenvalue weighted by molar-refractivity contribution is 6.30. The number of hydrogen-bond donors (Lipinski definition) is 1. The van der Waals surface area contributed by atoms with Crippen LogP contribution in [0.25, 0.3) is 10.9 Å². The van der Waals surface area contributed by atoms with E-state index in [1.165, 1.54) is 11.1 Å².